The predicted molar refractivity (Wildman–Crippen MR) is 95.8 cm³/mol. The molecule has 0 unspecified atom stereocenters. The fourth-order valence-corrected chi connectivity index (χ4v) is 3.26. The summed E-state index contributed by atoms with van der Waals surface area (Å²) in [5.74, 6) is 1.09. The number of nitrogens with zero attached hydrogens (tertiary/aromatic N) is 2. The van der Waals surface area contributed by atoms with Gasteiger partial charge in [-0.05, 0) is 24.9 Å². The van der Waals surface area contributed by atoms with E-state index < -0.39 is 6.10 Å². The number of carbonyl (C=O) groups is 1. The van der Waals surface area contributed by atoms with Crippen LogP contribution in [0.1, 0.15) is 24.2 Å². The summed E-state index contributed by atoms with van der Waals surface area (Å²) >= 11 is 0. The maximum Gasteiger partial charge on any atom is 0.220 e. The molecule has 1 aromatic heterocycles. The molecule has 1 aromatic carbocycles. The summed E-state index contributed by atoms with van der Waals surface area (Å²) in [5, 5.41) is 13.3. The summed E-state index contributed by atoms with van der Waals surface area (Å²) in [7, 11) is 0. The van der Waals surface area contributed by atoms with Crippen molar-refractivity contribution in [3.63, 3.8) is 0 Å². The molecule has 0 spiro atoms. The molecule has 2 atom stereocenters. The third-order valence-electron chi connectivity index (χ3n) is 4.78. The first-order chi connectivity index (χ1) is 12.2. The summed E-state index contributed by atoms with van der Waals surface area (Å²) in [4.78, 5) is 21.5. The van der Waals surface area contributed by atoms with Crippen molar-refractivity contribution in [3.05, 3.63) is 54.1 Å². The van der Waals surface area contributed by atoms with Crippen molar-refractivity contribution in [3.8, 4) is 0 Å². The number of aromatic nitrogens is 2. The van der Waals surface area contributed by atoms with Gasteiger partial charge in [-0.15, -0.1) is 0 Å². The molecule has 0 bridgehead atoms. The number of aliphatic hydroxyl groups excluding tert-OH is 1. The van der Waals surface area contributed by atoms with E-state index >= 15 is 0 Å². The lowest BCUT2D eigenvalue weighted by molar-refractivity contribution is -0.121. The van der Waals surface area contributed by atoms with Crippen LogP contribution in [0.25, 0.3) is 0 Å². The minimum atomic E-state index is -0.418. The first kappa shape index (κ1) is 17.6. The lowest BCUT2D eigenvalue weighted by Crippen LogP contribution is -2.47. The molecule has 1 aliphatic heterocycles. The standard InChI is InChI=1S/C19H26N4O2/c24-17-13-23(14-18-20-9-10-21-18)11-8-16(17)12-22-19(25)7-6-15-4-2-1-3-5-15/h1-5,9-10,16-17,24H,6-8,11-14H2,(H,20,21)(H,22,25)/t16-,17+/m0/s1. The summed E-state index contributed by atoms with van der Waals surface area (Å²) in [6.45, 7) is 2.79. The maximum atomic E-state index is 12.0. The lowest BCUT2D eigenvalue weighted by Gasteiger charge is -2.35. The van der Waals surface area contributed by atoms with Crippen LogP contribution in [0, 0.1) is 5.92 Å². The number of nitrogens with one attached hydrogen (secondary N) is 2. The highest BCUT2D eigenvalue weighted by Gasteiger charge is 2.28. The third kappa shape index (κ3) is 5.41. The highest BCUT2D eigenvalue weighted by molar-refractivity contribution is 5.76. The van der Waals surface area contributed by atoms with E-state index in [-0.39, 0.29) is 11.8 Å². The van der Waals surface area contributed by atoms with E-state index in [0.29, 0.717) is 19.5 Å². The Morgan fingerprint density at radius 3 is 2.92 bits per heavy atom. The number of amides is 1. The number of rotatable bonds is 7. The van der Waals surface area contributed by atoms with Crippen molar-refractivity contribution in [2.45, 2.75) is 31.9 Å². The molecule has 1 saturated heterocycles. The molecule has 3 rings (SSSR count). The normalized spacial score (nSPS) is 21.2. The van der Waals surface area contributed by atoms with Gasteiger partial charge >= 0.3 is 0 Å². The number of aliphatic hydroxyl groups is 1. The number of likely N-dealkylation sites (tertiary alicyclic amines) is 1. The Morgan fingerprint density at radius 2 is 2.20 bits per heavy atom. The number of hydrogen-bond donors (Lipinski definition) is 3. The van der Waals surface area contributed by atoms with Gasteiger partial charge in [0, 0.05) is 37.8 Å². The predicted octanol–water partition coefficient (Wildman–Crippen LogP) is 1.34. The average Bonchev–Trinajstić information content (AvgIpc) is 3.13. The highest BCUT2D eigenvalue weighted by Crippen LogP contribution is 2.18. The van der Waals surface area contributed by atoms with Crippen LogP contribution in [0.3, 0.4) is 0 Å². The fourth-order valence-electron chi connectivity index (χ4n) is 3.26. The van der Waals surface area contributed by atoms with Crippen LogP contribution in [0.4, 0.5) is 0 Å². The van der Waals surface area contributed by atoms with Crippen molar-refractivity contribution >= 4 is 5.91 Å². The molecular weight excluding hydrogens is 316 g/mol. The number of H-pyrrole nitrogens is 1. The second-order valence-electron chi connectivity index (χ2n) is 6.68. The summed E-state index contributed by atoms with van der Waals surface area (Å²) < 4.78 is 0. The zero-order chi connectivity index (χ0) is 17.5. The van der Waals surface area contributed by atoms with Gasteiger partial charge in [0.2, 0.25) is 5.91 Å². The fraction of sp³-hybridized carbons (Fsp3) is 0.474. The smallest absolute Gasteiger partial charge is 0.220 e. The van der Waals surface area contributed by atoms with Gasteiger partial charge in [0.05, 0.1) is 12.6 Å². The van der Waals surface area contributed by atoms with Crippen molar-refractivity contribution in [2.75, 3.05) is 19.6 Å². The first-order valence-corrected chi connectivity index (χ1v) is 8.90. The number of aryl methyl sites for hydroxylation is 1. The van der Waals surface area contributed by atoms with E-state index in [4.69, 9.17) is 0 Å². The highest BCUT2D eigenvalue weighted by atomic mass is 16.3. The van der Waals surface area contributed by atoms with Crippen LogP contribution in [0.15, 0.2) is 42.7 Å². The zero-order valence-corrected chi connectivity index (χ0v) is 14.4. The monoisotopic (exact) mass is 342 g/mol. The summed E-state index contributed by atoms with van der Waals surface area (Å²) in [6, 6.07) is 10.0. The molecule has 0 saturated carbocycles. The Labute approximate surface area is 148 Å². The molecule has 134 valence electrons. The third-order valence-corrected chi connectivity index (χ3v) is 4.78. The van der Waals surface area contributed by atoms with Crippen LogP contribution in [-0.2, 0) is 17.8 Å². The Balaban J connectivity index is 1.36. The summed E-state index contributed by atoms with van der Waals surface area (Å²) in [5.41, 5.74) is 1.17. The number of piperidine rings is 1. The van der Waals surface area contributed by atoms with Crippen molar-refractivity contribution < 1.29 is 9.90 Å². The minimum absolute atomic E-state index is 0.0501. The van der Waals surface area contributed by atoms with E-state index in [1.807, 2.05) is 36.5 Å². The molecule has 2 aromatic rings. The quantitative estimate of drug-likeness (QED) is 0.709. The zero-order valence-electron chi connectivity index (χ0n) is 14.4. The Morgan fingerprint density at radius 1 is 1.36 bits per heavy atom. The first-order valence-electron chi connectivity index (χ1n) is 8.90. The molecule has 1 amide bonds. The Kier molecular flexibility index (Phi) is 6.19. The maximum absolute atomic E-state index is 12.0. The van der Waals surface area contributed by atoms with Gasteiger partial charge in [-0.25, -0.2) is 4.98 Å². The van der Waals surface area contributed by atoms with Gasteiger partial charge < -0.3 is 15.4 Å². The Bertz CT molecular complexity index is 645. The van der Waals surface area contributed by atoms with Gasteiger partial charge in [-0.2, -0.15) is 0 Å². The van der Waals surface area contributed by atoms with E-state index in [1.54, 1.807) is 6.20 Å². The number of hydrogen-bond acceptors (Lipinski definition) is 4. The minimum Gasteiger partial charge on any atom is -0.391 e. The largest absolute Gasteiger partial charge is 0.391 e. The van der Waals surface area contributed by atoms with Gasteiger partial charge in [-0.1, -0.05) is 30.3 Å². The van der Waals surface area contributed by atoms with Crippen molar-refractivity contribution in [1.29, 1.82) is 0 Å². The molecule has 6 heteroatoms. The van der Waals surface area contributed by atoms with Crippen LogP contribution < -0.4 is 5.32 Å². The molecule has 0 aliphatic carbocycles. The number of benzene rings is 1. The molecule has 3 N–H and O–H groups in total. The number of imidazole rings is 1. The van der Waals surface area contributed by atoms with E-state index in [9.17, 15) is 9.90 Å². The molecule has 1 fully saturated rings. The van der Waals surface area contributed by atoms with E-state index in [1.165, 1.54) is 5.56 Å². The second kappa shape index (κ2) is 8.78. The topological polar surface area (TPSA) is 81.2 Å². The number of aromatic amines is 1. The summed E-state index contributed by atoms with van der Waals surface area (Å²) in [6.07, 6.45) is 5.24. The number of β-amino-alcohol motifs (C(OH)–C–C–N with tert-alkyl or cyclic N) is 1. The molecule has 1 aliphatic rings. The van der Waals surface area contributed by atoms with Gasteiger partial charge in [-0.3, -0.25) is 9.69 Å². The van der Waals surface area contributed by atoms with Gasteiger partial charge in [0.25, 0.3) is 0 Å². The van der Waals surface area contributed by atoms with Gasteiger partial charge in [0.1, 0.15) is 5.82 Å². The molecule has 2 heterocycles. The molecular formula is C19H26N4O2. The lowest BCUT2D eigenvalue weighted by atomic mass is 9.93. The second-order valence-corrected chi connectivity index (χ2v) is 6.68. The van der Waals surface area contributed by atoms with Crippen molar-refractivity contribution in [1.82, 2.24) is 20.2 Å². The van der Waals surface area contributed by atoms with Crippen LogP contribution in [-0.4, -0.2) is 51.6 Å². The molecule has 6 nitrogen and oxygen atoms in total. The van der Waals surface area contributed by atoms with Crippen LogP contribution >= 0.6 is 0 Å². The molecule has 0 radical (unpaired) electrons. The van der Waals surface area contributed by atoms with E-state index in [0.717, 1.165) is 31.8 Å². The molecule has 25 heavy (non-hydrogen) atoms. The number of carbonyl (C=O) groups excluding carboxylic acids is 1. The average molecular weight is 342 g/mol. The Hall–Kier alpha value is -2.18. The van der Waals surface area contributed by atoms with Crippen LogP contribution in [0.5, 0.6) is 0 Å². The van der Waals surface area contributed by atoms with Gasteiger partial charge in [0.15, 0.2) is 0 Å². The van der Waals surface area contributed by atoms with E-state index in [2.05, 4.69) is 20.2 Å². The van der Waals surface area contributed by atoms with Crippen molar-refractivity contribution in [2.24, 2.45) is 5.92 Å². The van der Waals surface area contributed by atoms with Crippen LogP contribution in [0.2, 0.25) is 0 Å². The SMILES string of the molecule is O=C(CCc1ccccc1)NC[C@@H]1CCN(Cc2ncc[nH]2)C[C@H]1O.